The van der Waals surface area contributed by atoms with Crippen LogP contribution in [0.1, 0.15) is 25.0 Å². The van der Waals surface area contributed by atoms with Gasteiger partial charge in [-0.3, -0.25) is 0 Å². The van der Waals surface area contributed by atoms with Crippen LogP contribution in [0.2, 0.25) is 0 Å². The van der Waals surface area contributed by atoms with Gasteiger partial charge in [-0.25, -0.2) is 0 Å². The molecule has 0 aromatic heterocycles. The molecule has 0 unspecified atom stereocenters. The average Bonchev–Trinajstić information content (AvgIpc) is 2.27. The number of hydrogen-bond acceptors (Lipinski definition) is 2. The van der Waals surface area contributed by atoms with Crippen LogP contribution in [0.5, 0.6) is 0 Å². The Labute approximate surface area is 99.0 Å². The lowest BCUT2D eigenvalue weighted by Gasteiger charge is -2.24. The summed E-state index contributed by atoms with van der Waals surface area (Å²) in [7, 11) is 3.76. The molecule has 0 bridgehead atoms. The standard InChI is InChI=1S/C14H23NO/c1-14(2,16-4)11-13-8-6-5-7-12(13)9-10-15-3/h5-8,15H,9-11H2,1-4H3. The second-order valence-electron chi connectivity index (χ2n) is 4.76. The predicted molar refractivity (Wildman–Crippen MR) is 68.9 cm³/mol. The maximum Gasteiger partial charge on any atom is 0.0663 e. The average molecular weight is 221 g/mol. The van der Waals surface area contributed by atoms with Gasteiger partial charge in [-0.2, -0.15) is 0 Å². The normalized spacial score (nSPS) is 11.8. The van der Waals surface area contributed by atoms with Gasteiger partial charge >= 0.3 is 0 Å². The minimum atomic E-state index is -0.0876. The molecule has 2 nitrogen and oxygen atoms in total. The van der Waals surface area contributed by atoms with Crippen molar-refractivity contribution in [1.29, 1.82) is 0 Å². The van der Waals surface area contributed by atoms with E-state index in [2.05, 4.69) is 43.4 Å². The summed E-state index contributed by atoms with van der Waals surface area (Å²) in [5, 5.41) is 3.19. The van der Waals surface area contributed by atoms with E-state index in [1.54, 1.807) is 7.11 Å². The topological polar surface area (TPSA) is 21.3 Å². The molecule has 2 heteroatoms. The van der Waals surface area contributed by atoms with Crippen molar-refractivity contribution >= 4 is 0 Å². The fourth-order valence-corrected chi connectivity index (χ4v) is 1.76. The molecule has 16 heavy (non-hydrogen) atoms. The van der Waals surface area contributed by atoms with E-state index in [9.17, 15) is 0 Å². The largest absolute Gasteiger partial charge is 0.378 e. The van der Waals surface area contributed by atoms with Gasteiger partial charge in [0.05, 0.1) is 5.60 Å². The van der Waals surface area contributed by atoms with E-state index in [-0.39, 0.29) is 5.60 Å². The molecule has 0 saturated heterocycles. The minimum absolute atomic E-state index is 0.0876. The highest BCUT2D eigenvalue weighted by Gasteiger charge is 2.18. The number of rotatable bonds is 6. The lowest BCUT2D eigenvalue weighted by Crippen LogP contribution is -2.26. The molecule has 1 rings (SSSR count). The van der Waals surface area contributed by atoms with Crippen LogP contribution in [0, 0.1) is 0 Å². The van der Waals surface area contributed by atoms with E-state index in [1.807, 2.05) is 7.05 Å². The summed E-state index contributed by atoms with van der Waals surface area (Å²) in [6.45, 7) is 5.27. The van der Waals surface area contributed by atoms with Crippen molar-refractivity contribution in [3.63, 3.8) is 0 Å². The summed E-state index contributed by atoms with van der Waals surface area (Å²) in [5.74, 6) is 0. The molecule has 0 radical (unpaired) electrons. The van der Waals surface area contributed by atoms with Crippen LogP contribution in [-0.2, 0) is 17.6 Å². The first-order chi connectivity index (χ1) is 7.59. The molecule has 1 aromatic carbocycles. The predicted octanol–water partition coefficient (Wildman–Crippen LogP) is 2.42. The van der Waals surface area contributed by atoms with E-state index >= 15 is 0 Å². The summed E-state index contributed by atoms with van der Waals surface area (Å²) in [6.07, 6.45) is 2.04. The first-order valence-corrected chi connectivity index (χ1v) is 5.85. The summed E-state index contributed by atoms with van der Waals surface area (Å²) < 4.78 is 5.49. The van der Waals surface area contributed by atoms with Crippen LogP contribution in [0.4, 0.5) is 0 Å². The van der Waals surface area contributed by atoms with Crippen molar-refractivity contribution in [2.45, 2.75) is 32.3 Å². The van der Waals surface area contributed by atoms with Crippen LogP contribution in [0.15, 0.2) is 24.3 Å². The Morgan fingerprint density at radius 2 is 1.81 bits per heavy atom. The Balaban J connectivity index is 2.78. The van der Waals surface area contributed by atoms with Gasteiger partial charge in [0.15, 0.2) is 0 Å². The molecule has 0 fully saturated rings. The first-order valence-electron chi connectivity index (χ1n) is 5.85. The molecule has 1 N–H and O–H groups in total. The molecule has 90 valence electrons. The molecule has 0 heterocycles. The fourth-order valence-electron chi connectivity index (χ4n) is 1.76. The van der Waals surface area contributed by atoms with E-state index in [0.29, 0.717) is 0 Å². The van der Waals surface area contributed by atoms with Gasteiger partial charge in [-0.1, -0.05) is 24.3 Å². The molecule has 1 aromatic rings. The second-order valence-corrected chi connectivity index (χ2v) is 4.76. The van der Waals surface area contributed by atoms with E-state index in [0.717, 1.165) is 19.4 Å². The maximum atomic E-state index is 5.49. The number of methoxy groups -OCH3 is 1. The first kappa shape index (κ1) is 13.2. The zero-order valence-electron chi connectivity index (χ0n) is 10.8. The summed E-state index contributed by atoms with van der Waals surface area (Å²) in [5.41, 5.74) is 2.72. The van der Waals surface area contributed by atoms with E-state index < -0.39 is 0 Å². The Hall–Kier alpha value is -0.860. The third-order valence-electron chi connectivity index (χ3n) is 2.93. The molecule has 0 aliphatic rings. The molecule has 0 aliphatic heterocycles. The van der Waals surface area contributed by atoms with Crippen molar-refractivity contribution in [2.75, 3.05) is 20.7 Å². The zero-order valence-corrected chi connectivity index (χ0v) is 10.8. The SMILES string of the molecule is CNCCc1ccccc1CC(C)(C)OC. The maximum absolute atomic E-state index is 5.49. The molecular formula is C14H23NO. The molecule has 0 aliphatic carbocycles. The van der Waals surface area contributed by atoms with Crippen LogP contribution < -0.4 is 5.32 Å². The Morgan fingerprint density at radius 3 is 2.38 bits per heavy atom. The molecule has 0 spiro atoms. The Bertz CT molecular complexity index is 320. The van der Waals surface area contributed by atoms with Crippen molar-refractivity contribution in [3.8, 4) is 0 Å². The van der Waals surface area contributed by atoms with Gasteiger partial charge < -0.3 is 10.1 Å². The van der Waals surface area contributed by atoms with Gasteiger partial charge in [-0.05, 0) is 45.0 Å². The van der Waals surface area contributed by atoms with Gasteiger partial charge in [0.2, 0.25) is 0 Å². The molecule has 0 saturated carbocycles. The highest BCUT2D eigenvalue weighted by atomic mass is 16.5. The van der Waals surface area contributed by atoms with Gasteiger partial charge in [0.1, 0.15) is 0 Å². The number of hydrogen-bond donors (Lipinski definition) is 1. The Kier molecular flexibility index (Phi) is 4.97. The van der Waals surface area contributed by atoms with Crippen molar-refractivity contribution in [3.05, 3.63) is 35.4 Å². The summed E-state index contributed by atoms with van der Waals surface area (Å²) >= 11 is 0. The lowest BCUT2D eigenvalue weighted by atomic mass is 9.93. The van der Waals surface area contributed by atoms with Crippen molar-refractivity contribution < 1.29 is 4.74 Å². The van der Waals surface area contributed by atoms with E-state index in [4.69, 9.17) is 4.74 Å². The van der Waals surface area contributed by atoms with Crippen molar-refractivity contribution in [1.82, 2.24) is 5.32 Å². The smallest absolute Gasteiger partial charge is 0.0663 e. The van der Waals surface area contributed by atoms with Crippen LogP contribution in [0.25, 0.3) is 0 Å². The number of ether oxygens (including phenoxy) is 1. The Morgan fingerprint density at radius 1 is 1.19 bits per heavy atom. The summed E-state index contributed by atoms with van der Waals surface area (Å²) in [6, 6.07) is 8.61. The number of likely N-dealkylation sites (N-methyl/N-ethyl adjacent to an activating group) is 1. The highest BCUT2D eigenvalue weighted by molar-refractivity contribution is 5.28. The van der Waals surface area contributed by atoms with Gasteiger partial charge in [0, 0.05) is 13.5 Å². The molecular weight excluding hydrogens is 198 g/mol. The molecule has 0 atom stereocenters. The van der Waals surface area contributed by atoms with Gasteiger partial charge in [0.25, 0.3) is 0 Å². The third-order valence-corrected chi connectivity index (χ3v) is 2.93. The quantitative estimate of drug-likeness (QED) is 0.796. The zero-order chi connectivity index (χ0) is 12.0. The van der Waals surface area contributed by atoms with Crippen molar-refractivity contribution in [2.24, 2.45) is 0 Å². The van der Waals surface area contributed by atoms with Crippen LogP contribution >= 0.6 is 0 Å². The number of nitrogens with one attached hydrogen (secondary N) is 1. The number of benzene rings is 1. The highest BCUT2D eigenvalue weighted by Crippen LogP contribution is 2.19. The van der Waals surface area contributed by atoms with Gasteiger partial charge in [-0.15, -0.1) is 0 Å². The lowest BCUT2D eigenvalue weighted by molar-refractivity contribution is 0.0230. The van der Waals surface area contributed by atoms with E-state index in [1.165, 1.54) is 11.1 Å². The second kappa shape index (κ2) is 6.02. The van der Waals surface area contributed by atoms with Crippen LogP contribution in [-0.4, -0.2) is 26.3 Å². The monoisotopic (exact) mass is 221 g/mol. The fraction of sp³-hybridized carbons (Fsp3) is 0.571. The molecule has 0 amide bonds. The minimum Gasteiger partial charge on any atom is -0.378 e. The van der Waals surface area contributed by atoms with Crippen LogP contribution in [0.3, 0.4) is 0 Å². The summed E-state index contributed by atoms with van der Waals surface area (Å²) in [4.78, 5) is 0. The third kappa shape index (κ3) is 3.95.